The summed E-state index contributed by atoms with van der Waals surface area (Å²) in [5.74, 6) is 0.750. The van der Waals surface area contributed by atoms with Crippen LogP contribution in [0.25, 0.3) is 22.4 Å². The maximum absolute atomic E-state index is 12.3. The Morgan fingerprint density at radius 2 is 2.00 bits per heavy atom. The monoisotopic (exact) mass is 333 g/mol. The van der Waals surface area contributed by atoms with Gasteiger partial charge < -0.3 is 14.8 Å². The second-order valence-electron chi connectivity index (χ2n) is 5.67. The molecule has 0 saturated heterocycles. The number of aromatic nitrogens is 4. The third-order valence-corrected chi connectivity index (χ3v) is 3.75. The standard InChI is InChI=1S/C18H15N5O2/c1-11-7-8-13-14(9-11)21-17(20-13)18(24)19-10-15-22-16(23-25-15)12-5-3-2-4-6-12/h2-9H,10H2,1H3,(H,19,24)(H,20,21). The molecular formula is C18H15N5O2. The second kappa shape index (κ2) is 6.20. The zero-order chi connectivity index (χ0) is 17.2. The van der Waals surface area contributed by atoms with Gasteiger partial charge in [0.1, 0.15) is 0 Å². The summed E-state index contributed by atoms with van der Waals surface area (Å²) in [6, 6.07) is 15.3. The van der Waals surface area contributed by atoms with E-state index in [-0.39, 0.29) is 18.3 Å². The third-order valence-electron chi connectivity index (χ3n) is 3.75. The highest BCUT2D eigenvalue weighted by atomic mass is 16.5. The Labute approximate surface area is 143 Å². The van der Waals surface area contributed by atoms with Gasteiger partial charge in [0.2, 0.25) is 11.7 Å². The molecule has 0 atom stereocenters. The second-order valence-corrected chi connectivity index (χ2v) is 5.67. The molecule has 2 N–H and O–H groups in total. The van der Waals surface area contributed by atoms with Gasteiger partial charge in [-0.25, -0.2) is 4.98 Å². The van der Waals surface area contributed by atoms with E-state index in [4.69, 9.17) is 4.52 Å². The summed E-state index contributed by atoms with van der Waals surface area (Å²) in [6.07, 6.45) is 0. The Kier molecular flexibility index (Phi) is 3.74. The molecule has 0 radical (unpaired) electrons. The number of amides is 1. The number of hydrogen-bond donors (Lipinski definition) is 2. The number of fused-ring (bicyclic) bond motifs is 1. The van der Waals surface area contributed by atoms with Gasteiger partial charge in [-0.15, -0.1) is 0 Å². The molecule has 0 aliphatic rings. The summed E-state index contributed by atoms with van der Waals surface area (Å²) in [4.78, 5) is 23.8. The van der Waals surface area contributed by atoms with E-state index in [1.165, 1.54) is 0 Å². The molecule has 4 rings (SSSR count). The molecule has 2 heterocycles. The van der Waals surface area contributed by atoms with E-state index in [1.807, 2.05) is 55.5 Å². The summed E-state index contributed by atoms with van der Waals surface area (Å²) < 4.78 is 5.17. The highest BCUT2D eigenvalue weighted by Crippen LogP contribution is 2.15. The van der Waals surface area contributed by atoms with Crippen molar-refractivity contribution < 1.29 is 9.32 Å². The van der Waals surface area contributed by atoms with Crippen molar-refractivity contribution in [3.8, 4) is 11.4 Å². The molecule has 0 bridgehead atoms. The molecule has 2 aromatic heterocycles. The topological polar surface area (TPSA) is 96.7 Å². The number of rotatable bonds is 4. The minimum absolute atomic E-state index is 0.134. The van der Waals surface area contributed by atoms with E-state index in [1.54, 1.807) is 0 Å². The predicted octanol–water partition coefficient (Wildman–Crippen LogP) is 2.85. The molecule has 0 fully saturated rings. The molecule has 0 aliphatic heterocycles. The van der Waals surface area contributed by atoms with Crippen LogP contribution in [0.2, 0.25) is 0 Å². The van der Waals surface area contributed by atoms with Crippen LogP contribution < -0.4 is 5.32 Å². The number of carbonyl (C=O) groups excluding carboxylic acids is 1. The van der Waals surface area contributed by atoms with Gasteiger partial charge in [-0.2, -0.15) is 4.98 Å². The number of carbonyl (C=O) groups is 1. The number of benzene rings is 2. The highest BCUT2D eigenvalue weighted by molar-refractivity contribution is 5.94. The van der Waals surface area contributed by atoms with Crippen LogP contribution >= 0.6 is 0 Å². The van der Waals surface area contributed by atoms with Crippen LogP contribution in [-0.4, -0.2) is 26.0 Å². The zero-order valence-corrected chi connectivity index (χ0v) is 13.5. The van der Waals surface area contributed by atoms with Crippen LogP contribution in [-0.2, 0) is 6.54 Å². The normalized spacial score (nSPS) is 10.9. The Balaban J connectivity index is 1.45. The van der Waals surface area contributed by atoms with Gasteiger partial charge in [-0.05, 0) is 24.6 Å². The van der Waals surface area contributed by atoms with Crippen molar-refractivity contribution in [1.29, 1.82) is 0 Å². The van der Waals surface area contributed by atoms with Crippen molar-refractivity contribution >= 4 is 16.9 Å². The Morgan fingerprint density at radius 3 is 2.84 bits per heavy atom. The van der Waals surface area contributed by atoms with Gasteiger partial charge in [-0.1, -0.05) is 41.6 Å². The van der Waals surface area contributed by atoms with Crippen molar-refractivity contribution in [3.63, 3.8) is 0 Å². The lowest BCUT2D eigenvalue weighted by atomic mass is 10.2. The minimum Gasteiger partial charge on any atom is -0.340 e. The van der Waals surface area contributed by atoms with Crippen LogP contribution in [0.4, 0.5) is 0 Å². The third kappa shape index (κ3) is 3.12. The summed E-state index contributed by atoms with van der Waals surface area (Å²) in [5, 5.41) is 6.65. The van der Waals surface area contributed by atoms with Crippen molar-refractivity contribution in [3.05, 3.63) is 65.8 Å². The van der Waals surface area contributed by atoms with E-state index >= 15 is 0 Å². The summed E-state index contributed by atoms with van der Waals surface area (Å²) in [5.41, 5.74) is 3.54. The number of nitrogens with zero attached hydrogens (tertiary/aromatic N) is 3. The van der Waals surface area contributed by atoms with E-state index < -0.39 is 0 Å². The summed E-state index contributed by atoms with van der Waals surface area (Å²) >= 11 is 0. The Bertz CT molecular complexity index is 1040. The SMILES string of the molecule is Cc1ccc2nc(C(=O)NCc3nc(-c4ccccc4)no3)[nH]c2c1. The molecule has 2 aromatic carbocycles. The molecule has 0 saturated carbocycles. The van der Waals surface area contributed by atoms with Crippen molar-refractivity contribution in [1.82, 2.24) is 25.4 Å². The first-order chi connectivity index (χ1) is 12.2. The number of hydrogen-bond acceptors (Lipinski definition) is 5. The maximum Gasteiger partial charge on any atom is 0.287 e. The molecular weight excluding hydrogens is 318 g/mol. The molecule has 0 spiro atoms. The van der Waals surface area contributed by atoms with Gasteiger partial charge in [-0.3, -0.25) is 4.79 Å². The fraction of sp³-hybridized carbons (Fsp3) is 0.111. The van der Waals surface area contributed by atoms with Crippen LogP contribution in [0.5, 0.6) is 0 Å². The van der Waals surface area contributed by atoms with Crippen molar-refractivity contribution in [2.75, 3.05) is 0 Å². The smallest absolute Gasteiger partial charge is 0.287 e. The van der Waals surface area contributed by atoms with Gasteiger partial charge >= 0.3 is 0 Å². The maximum atomic E-state index is 12.3. The molecule has 1 amide bonds. The predicted molar refractivity (Wildman–Crippen MR) is 91.7 cm³/mol. The van der Waals surface area contributed by atoms with Crippen LogP contribution in [0.1, 0.15) is 22.1 Å². The van der Waals surface area contributed by atoms with Crippen LogP contribution in [0.15, 0.2) is 53.1 Å². The van der Waals surface area contributed by atoms with Gasteiger partial charge in [0.05, 0.1) is 17.6 Å². The molecule has 4 aromatic rings. The lowest BCUT2D eigenvalue weighted by molar-refractivity contribution is 0.0937. The highest BCUT2D eigenvalue weighted by Gasteiger charge is 2.14. The van der Waals surface area contributed by atoms with E-state index in [0.29, 0.717) is 11.7 Å². The number of aryl methyl sites for hydroxylation is 1. The fourth-order valence-electron chi connectivity index (χ4n) is 2.50. The summed E-state index contributed by atoms with van der Waals surface area (Å²) in [7, 11) is 0. The van der Waals surface area contributed by atoms with E-state index in [2.05, 4.69) is 25.4 Å². The first kappa shape index (κ1) is 15.1. The quantitative estimate of drug-likeness (QED) is 0.598. The van der Waals surface area contributed by atoms with Gasteiger partial charge in [0.15, 0.2) is 5.82 Å². The number of H-pyrrole nitrogens is 1. The van der Waals surface area contributed by atoms with Crippen LogP contribution in [0, 0.1) is 6.92 Å². The molecule has 25 heavy (non-hydrogen) atoms. The lowest BCUT2D eigenvalue weighted by Crippen LogP contribution is -2.24. The molecule has 0 aliphatic carbocycles. The van der Waals surface area contributed by atoms with E-state index in [9.17, 15) is 4.79 Å². The van der Waals surface area contributed by atoms with Crippen LogP contribution in [0.3, 0.4) is 0 Å². The molecule has 7 nitrogen and oxygen atoms in total. The zero-order valence-electron chi connectivity index (χ0n) is 13.5. The number of nitrogens with one attached hydrogen (secondary N) is 2. The number of aromatic amines is 1. The van der Waals surface area contributed by atoms with Crippen molar-refractivity contribution in [2.24, 2.45) is 0 Å². The average molecular weight is 333 g/mol. The number of imidazole rings is 1. The van der Waals surface area contributed by atoms with Gasteiger partial charge in [0.25, 0.3) is 5.91 Å². The first-order valence-corrected chi connectivity index (χ1v) is 7.81. The molecule has 124 valence electrons. The van der Waals surface area contributed by atoms with Crippen molar-refractivity contribution in [2.45, 2.75) is 13.5 Å². The Morgan fingerprint density at radius 1 is 1.16 bits per heavy atom. The molecule has 7 heteroatoms. The van der Waals surface area contributed by atoms with E-state index in [0.717, 1.165) is 22.2 Å². The Hall–Kier alpha value is -3.48. The van der Waals surface area contributed by atoms with Gasteiger partial charge in [0, 0.05) is 5.56 Å². The average Bonchev–Trinajstić information content (AvgIpc) is 3.27. The largest absolute Gasteiger partial charge is 0.340 e. The summed E-state index contributed by atoms with van der Waals surface area (Å²) in [6.45, 7) is 2.12. The fourth-order valence-corrected chi connectivity index (χ4v) is 2.50. The molecule has 0 unspecified atom stereocenters. The first-order valence-electron chi connectivity index (χ1n) is 7.81. The minimum atomic E-state index is -0.326. The lowest BCUT2D eigenvalue weighted by Gasteiger charge is -1.98.